The number of aryl methyl sites for hydroxylation is 1. The summed E-state index contributed by atoms with van der Waals surface area (Å²) in [5.41, 5.74) is 0.325. The van der Waals surface area contributed by atoms with Crippen LogP contribution in [0.25, 0.3) is 0 Å². The number of carbonyl (C=O) groups is 1. The number of carboxylic acids is 1. The Bertz CT molecular complexity index is 439. The maximum absolute atomic E-state index is 14.0. The van der Waals surface area contributed by atoms with Crippen LogP contribution in [0.1, 0.15) is 25.5 Å². The van der Waals surface area contributed by atoms with Gasteiger partial charge in [-0.25, -0.2) is 19.2 Å². The summed E-state index contributed by atoms with van der Waals surface area (Å²) in [5, 5.41) is 9.05. The molecule has 0 aliphatic carbocycles. The fourth-order valence-electron chi connectivity index (χ4n) is 2.12. The van der Waals surface area contributed by atoms with Crippen molar-refractivity contribution >= 4 is 11.8 Å². The predicted molar refractivity (Wildman–Crippen MR) is 59.4 cm³/mol. The van der Waals surface area contributed by atoms with E-state index in [1.807, 2.05) is 0 Å². The lowest BCUT2D eigenvalue weighted by molar-refractivity contribution is -0.138. The Kier molecular flexibility index (Phi) is 3.21. The zero-order valence-corrected chi connectivity index (χ0v) is 9.56. The summed E-state index contributed by atoms with van der Waals surface area (Å²) in [6.07, 6.45) is 3.02. The highest BCUT2D eigenvalue weighted by atomic mass is 19.1. The lowest BCUT2D eigenvalue weighted by Gasteiger charge is -2.23. The van der Waals surface area contributed by atoms with E-state index >= 15 is 0 Å². The zero-order valence-electron chi connectivity index (χ0n) is 9.56. The van der Waals surface area contributed by atoms with Crippen molar-refractivity contribution in [3.8, 4) is 0 Å². The van der Waals surface area contributed by atoms with Crippen LogP contribution in [0, 0.1) is 5.82 Å². The Morgan fingerprint density at radius 1 is 1.65 bits per heavy atom. The molecule has 0 saturated carbocycles. The molecule has 5 nitrogen and oxygen atoms in total. The number of aliphatic carboxylic acids is 1. The van der Waals surface area contributed by atoms with Gasteiger partial charge in [0.25, 0.3) is 0 Å². The molecule has 1 atom stereocenters. The summed E-state index contributed by atoms with van der Waals surface area (Å²) in [6.45, 7) is 2.32. The Balaban J connectivity index is 2.36. The minimum atomic E-state index is -0.932. The molecular formula is C11H14FN3O2. The molecular weight excluding hydrogens is 225 g/mol. The first-order chi connectivity index (χ1) is 8.15. The smallest absolute Gasteiger partial charge is 0.326 e. The summed E-state index contributed by atoms with van der Waals surface area (Å²) < 4.78 is 14.0. The third kappa shape index (κ3) is 2.07. The fraction of sp³-hybridized carbons (Fsp3) is 0.545. The number of hydrogen-bond donors (Lipinski definition) is 1. The number of rotatable bonds is 3. The summed E-state index contributed by atoms with van der Waals surface area (Å²) in [6, 6.07) is -0.677. The van der Waals surface area contributed by atoms with E-state index in [1.165, 1.54) is 11.2 Å². The van der Waals surface area contributed by atoms with Gasteiger partial charge in [0, 0.05) is 6.54 Å². The molecule has 0 aromatic carbocycles. The molecule has 0 spiro atoms. The van der Waals surface area contributed by atoms with Gasteiger partial charge in [0.15, 0.2) is 11.6 Å². The molecule has 0 radical (unpaired) electrons. The third-order valence-corrected chi connectivity index (χ3v) is 2.99. The van der Waals surface area contributed by atoms with Crippen LogP contribution < -0.4 is 4.90 Å². The number of anilines is 1. The van der Waals surface area contributed by atoms with Crippen molar-refractivity contribution in [2.45, 2.75) is 32.2 Å². The van der Waals surface area contributed by atoms with E-state index in [0.717, 1.165) is 6.42 Å². The molecule has 92 valence electrons. The van der Waals surface area contributed by atoms with Crippen LogP contribution in [0.4, 0.5) is 10.2 Å². The summed E-state index contributed by atoms with van der Waals surface area (Å²) in [5.74, 6) is -1.32. The normalized spacial score (nSPS) is 19.6. The molecule has 0 amide bonds. The van der Waals surface area contributed by atoms with Crippen LogP contribution in [0.15, 0.2) is 6.33 Å². The molecule has 1 N–H and O–H groups in total. The topological polar surface area (TPSA) is 66.3 Å². The highest BCUT2D eigenvalue weighted by molar-refractivity contribution is 5.78. The van der Waals surface area contributed by atoms with Crippen LogP contribution in [0.5, 0.6) is 0 Å². The second-order valence-electron chi connectivity index (χ2n) is 4.00. The molecule has 0 unspecified atom stereocenters. The first kappa shape index (κ1) is 11.8. The predicted octanol–water partition coefficient (Wildman–Crippen LogP) is 1.23. The zero-order chi connectivity index (χ0) is 12.4. The standard InChI is InChI=1S/C11H14FN3O2/c1-2-7-9(12)10(14-6-13-7)15-5-3-4-8(15)11(16)17/h6,8H,2-5H2,1H3,(H,16,17)/t8-/m0/s1. The van der Waals surface area contributed by atoms with Crippen molar-refractivity contribution in [1.29, 1.82) is 0 Å². The molecule has 1 saturated heterocycles. The highest BCUT2D eigenvalue weighted by Gasteiger charge is 2.33. The Labute approximate surface area is 98.3 Å². The average molecular weight is 239 g/mol. The molecule has 1 aliphatic rings. The second-order valence-corrected chi connectivity index (χ2v) is 4.00. The Hall–Kier alpha value is -1.72. The molecule has 1 aromatic heterocycles. The number of aromatic nitrogens is 2. The summed E-state index contributed by atoms with van der Waals surface area (Å²) in [4.78, 5) is 20.3. The number of nitrogens with zero attached hydrogens (tertiary/aromatic N) is 3. The molecule has 2 heterocycles. The van der Waals surface area contributed by atoms with Crippen molar-refractivity contribution in [2.24, 2.45) is 0 Å². The molecule has 2 rings (SSSR count). The molecule has 6 heteroatoms. The van der Waals surface area contributed by atoms with Crippen LogP contribution in [-0.4, -0.2) is 33.6 Å². The van der Waals surface area contributed by atoms with E-state index < -0.39 is 17.8 Å². The average Bonchev–Trinajstić information content (AvgIpc) is 2.78. The number of halogens is 1. The lowest BCUT2D eigenvalue weighted by atomic mass is 10.2. The van der Waals surface area contributed by atoms with Gasteiger partial charge in [-0.3, -0.25) is 0 Å². The highest BCUT2D eigenvalue weighted by Crippen LogP contribution is 2.27. The lowest BCUT2D eigenvalue weighted by Crippen LogP contribution is -2.37. The minimum absolute atomic E-state index is 0.113. The maximum atomic E-state index is 14.0. The molecule has 0 bridgehead atoms. The second kappa shape index (κ2) is 4.65. The molecule has 1 aromatic rings. The number of hydrogen-bond acceptors (Lipinski definition) is 4. The summed E-state index contributed by atoms with van der Waals surface area (Å²) >= 11 is 0. The van der Waals surface area contributed by atoms with E-state index in [9.17, 15) is 9.18 Å². The van der Waals surface area contributed by atoms with Crippen LogP contribution in [-0.2, 0) is 11.2 Å². The summed E-state index contributed by atoms with van der Waals surface area (Å²) in [7, 11) is 0. The van der Waals surface area contributed by atoms with Crippen LogP contribution in [0.3, 0.4) is 0 Å². The Morgan fingerprint density at radius 3 is 3.06 bits per heavy atom. The van der Waals surface area contributed by atoms with Gasteiger partial charge in [-0.2, -0.15) is 0 Å². The fourth-order valence-corrected chi connectivity index (χ4v) is 2.12. The number of carboxylic acid groups (broad SMARTS) is 1. The van der Waals surface area contributed by atoms with Gasteiger partial charge in [-0.1, -0.05) is 6.92 Å². The molecule has 1 fully saturated rings. The third-order valence-electron chi connectivity index (χ3n) is 2.99. The van der Waals surface area contributed by atoms with E-state index in [4.69, 9.17) is 5.11 Å². The van der Waals surface area contributed by atoms with E-state index in [0.29, 0.717) is 25.1 Å². The van der Waals surface area contributed by atoms with Crippen molar-refractivity contribution in [1.82, 2.24) is 9.97 Å². The first-order valence-corrected chi connectivity index (χ1v) is 5.64. The van der Waals surface area contributed by atoms with Gasteiger partial charge in [0.05, 0.1) is 5.69 Å². The van der Waals surface area contributed by atoms with Gasteiger partial charge in [-0.15, -0.1) is 0 Å². The minimum Gasteiger partial charge on any atom is -0.480 e. The van der Waals surface area contributed by atoms with Crippen molar-refractivity contribution in [3.63, 3.8) is 0 Å². The van der Waals surface area contributed by atoms with Crippen LogP contribution >= 0.6 is 0 Å². The van der Waals surface area contributed by atoms with Gasteiger partial charge in [0.2, 0.25) is 0 Å². The molecule has 1 aliphatic heterocycles. The van der Waals surface area contributed by atoms with Crippen molar-refractivity contribution in [3.05, 3.63) is 17.8 Å². The van der Waals surface area contributed by atoms with E-state index in [2.05, 4.69) is 9.97 Å². The van der Waals surface area contributed by atoms with Gasteiger partial charge < -0.3 is 10.0 Å². The van der Waals surface area contributed by atoms with E-state index in [1.54, 1.807) is 6.92 Å². The van der Waals surface area contributed by atoms with Crippen LogP contribution in [0.2, 0.25) is 0 Å². The Morgan fingerprint density at radius 2 is 2.41 bits per heavy atom. The van der Waals surface area contributed by atoms with Gasteiger partial charge in [-0.05, 0) is 19.3 Å². The van der Waals surface area contributed by atoms with Gasteiger partial charge >= 0.3 is 5.97 Å². The monoisotopic (exact) mass is 239 g/mol. The van der Waals surface area contributed by atoms with Gasteiger partial charge in [0.1, 0.15) is 12.4 Å². The van der Waals surface area contributed by atoms with Crippen molar-refractivity contribution in [2.75, 3.05) is 11.4 Å². The largest absolute Gasteiger partial charge is 0.480 e. The maximum Gasteiger partial charge on any atom is 0.326 e. The van der Waals surface area contributed by atoms with E-state index in [-0.39, 0.29) is 5.82 Å². The first-order valence-electron chi connectivity index (χ1n) is 5.64. The van der Waals surface area contributed by atoms with Crippen molar-refractivity contribution < 1.29 is 14.3 Å². The molecule has 17 heavy (non-hydrogen) atoms. The quantitative estimate of drug-likeness (QED) is 0.859. The SMILES string of the molecule is CCc1ncnc(N2CCC[C@H]2C(=O)O)c1F.